The molecule has 0 saturated heterocycles. The van der Waals surface area contributed by atoms with Gasteiger partial charge in [-0.15, -0.1) is 0 Å². The van der Waals surface area contributed by atoms with Gasteiger partial charge in [-0.05, 0) is 72.6 Å². The molecule has 144 valence electrons. The Labute approximate surface area is 160 Å². The molecule has 0 radical (unpaired) electrons. The van der Waals surface area contributed by atoms with E-state index in [2.05, 4.69) is 72.0 Å². The highest BCUT2D eigenvalue weighted by Crippen LogP contribution is 2.37. The number of allylic oxidation sites excluding steroid dienone is 2. The molecule has 1 aromatic rings. The molecule has 1 aliphatic rings. The summed E-state index contributed by atoms with van der Waals surface area (Å²) in [6, 6.07) is 8.34. The van der Waals surface area contributed by atoms with Crippen LogP contribution in [0, 0.1) is 16.7 Å². The zero-order valence-corrected chi connectivity index (χ0v) is 17.8. The second-order valence-corrected chi connectivity index (χ2v) is 10.2. The molecule has 26 heavy (non-hydrogen) atoms. The van der Waals surface area contributed by atoms with Crippen LogP contribution in [-0.2, 0) is 0 Å². The van der Waals surface area contributed by atoms with Gasteiger partial charge in [0.1, 0.15) is 0 Å². The van der Waals surface area contributed by atoms with Crippen molar-refractivity contribution in [3.8, 4) is 0 Å². The Morgan fingerprint density at radius 3 is 1.88 bits per heavy atom. The molecule has 1 amide bonds. The van der Waals surface area contributed by atoms with E-state index in [9.17, 15) is 4.79 Å². The summed E-state index contributed by atoms with van der Waals surface area (Å²) in [5, 5.41) is 3.24. The SMILES string of the molecule is CC(=CC(C)(C)C)c1ccc(C(=O)NC2CCC(C(C)(C)C)CC2)cc1. The fraction of sp³-hybridized carbons (Fsp3) is 0.625. The van der Waals surface area contributed by atoms with Crippen molar-refractivity contribution in [1.82, 2.24) is 5.32 Å². The summed E-state index contributed by atoms with van der Waals surface area (Å²) in [6.45, 7) is 15.7. The lowest BCUT2D eigenvalue weighted by Crippen LogP contribution is -2.39. The average Bonchev–Trinajstić information content (AvgIpc) is 2.53. The first kappa shape index (κ1) is 20.7. The quantitative estimate of drug-likeness (QED) is 0.661. The predicted octanol–water partition coefficient (Wildman–Crippen LogP) is 6.47. The van der Waals surface area contributed by atoms with E-state index in [4.69, 9.17) is 0 Å². The van der Waals surface area contributed by atoms with Crippen molar-refractivity contribution in [3.05, 3.63) is 41.5 Å². The normalized spacial score (nSPS) is 22.2. The van der Waals surface area contributed by atoms with Crippen molar-refractivity contribution in [3.63, 3.8) is 0 Å². The number of hydrogen-bond acceptors (Lipinski definition) is 1. The van der Waals surface area contributed by atoms with E-state index in [1.165, 1.54) is 24.0 Å². The number of amides is 1. The lowest BCUT2D eigenvalue weighted by molar-refractivity contribution is 0.0904. The highest BCUT2D eigenvalue weighted by Gasteiger charge is 2.30. The van der Waals surface area contributed by atoms with Crippen molar-refractivity contribution >= 4 is 11.5 Å². The molecule has 2 rings (SSSR count). The van der Waals surface area contributed by atoms with E-state index in [0.29, 0.717) is 11.5 Å². The van der Waals surface area contributed by atoms with Crippen molar-refractivity contribution in [1.29, 1.82) is 0 Å². The van der Waals surface area contributed by atoms with Gasteiger partial charge in [-0.2, -0.15) is 0 Å². The molecule has 1 N–H and O–H groups in total. The predicted molar refractivity (Wildman–Crippen MR) is 112 cm³/mol. The van der Waals surface area contributed by atoms with Crippen LogP contribution in [0.15, 0.2) is 30.3 Å². The summed E-state index contributed by atoms with van der Waals surface area (Å²) in [6.07, 6.45) is 6.89. The van der Waals surface area contributed by atoms with Gasteiger partial charge in [-0.3, -0.25) is 4.79 Å². The number of benzene rings is 1. The summed E-state index contributed by atoms with van der Waals surface area (Å²) in [4.78, 5) is 12.6. The Hall–Kier alpha value is -1.57. The van der Waals surface area contributed by atoms with E-state index in [0.717, 1.165) is 24.3 Å². The van der Waals surface area contributed by atoms with Crippen LogP contribution < -0.4 is 5.32 Å². The lowest BCUT2D eigenvalue weighted by Gasteiger charge is -2.37. The molecule has 0 bridgehead atoms. The molecule has 1 aromatic carbocycles. The minimum Gasteiger partial charge on any atom is -0.349 e. The highest BCUT2D eigenvalue weighted by molar-refractivity contribution is 5.94. The monoisotopic (exact) mass is 355 g/mol. The summed E-state index contributed by atoms with van der Waals surface area (Å²) in [7, 11) is 0. The van der Waals surface area contributed by atoms with E-state index in [1.54, 1.807) is 0 Å². The van der Waals surface area contributed by atoms with Crippen molar-refractivity contribution in [2.75, 3.05) is 0 Å². The van der Waals surface area contributed by atoms with Gasteiger partial charge in [0.05, 0.1) is 0 Å². The van der Waals surface area contributed by atoms with Gasteiger partial charge in [0.15, 0.2) is 0 Å². The third-order valence-electron chi connectivity index (χ3n) is 5.54. The smallest absolute Gasteiger partial charge is 0.251 e. The Bertz CT molecular complexity index is 632. The molecule has 1 aliphatic carbocycles. The Morgan fingerprint density at radius 1 is 0.923 bits per heavy atom. The highest BCUT2D eigenvalue weighted by atomic mass is 16.1. The van der Waals surface area contributed by atoms with Gasteiger partial charge in [-0.25, -0.2) is 0 Å². The molecule has 2 heteroatoms. The van der Waals surface area contributed by atoms with Crippen LogP contribution in [-0.4, -0.2) is 11.9 Å². The molecule has 0 heterocycles. The van der Waals surface area contributed by atoms with Crippen LogP contribution in [0.5, 0.6) is 0 Å². The molecule has 0 aliphatic heterocycles. The fourth-order valence-electron chi connectivity index (χ4n) is 3.99. The van der Waals surface area contributed by atoms with Crippen LogP contribution in [0.3, 0.4) is 0 Å². The summed E-state index contributed by atoms with van der Waals surface area (Å²) < 4.78 is 0. The molecule has 0 spiro atoms. The largest absolute Gasteiger partial charge is 0.349 e. The summed E-state index contributed by atoms with van der Waals surface area (Å²) in [5.74, 6) is 0.834. The van der Waals surface area contributed by atoms with Crippen molar-refractivity contribution in [2.24, 2.45) is 16.7 Å². The van der Waals surface area contributed by atoms with E-state index < -0.39 is 0 Å². The minimum atomic E-state index is 0.0632. The Kier molecular flexibility index (Phi) is 6.37. The Balaban J connectivity index is 1.94. The van der Waals surface area contributed by atoms with Crippen molar-refractivity contribution < 1.29 is 4.79 Å². The molecule has 2 nitrogen and oxygen atoms in total. The lowest BCUT2D eigenvalue weighted by atomic mass is 9.71. The summed E-state index contributed by atoms with van der Waals surface area (Å²) >= 11 is 0. The first-order valence-electron chi connectivity index (χ1n) is 10.1. The number of carbonyl (C=O) groups excluding carboxylic acids is 1. The zero-order valence-electron chi connectivity index (χ0n) is 17.8. The Morgan fingerprint density at radius 2 is 1.42 bits per heavy atom. The number of rotatable bonds is 3. The van der Waals surface area contributed by atoms with Crippen LogP contribution >= 0.6 is 0 Å². The molecular weight excluding hydrogens is 318 g/mol. The maximum atomic E-state index is 12.6. The second-order valence-electron chi connectivity index (χ2n) is 10.2. The minimum absolute atomic E-state index is 0.0632. The van der Waals surface area contributed by atoms with E-state index in [1.807, 2.05) is 12.1 Å². The van der Waals surface area contributed by atoms with Crippen LogP contribution in [0.2, 0.25) is 0 Å². The maximum Gasteiger partial charge on any atom is 0.251 e. The van der Waals surface area contributed by atoms with Gasteiger partial charge < -0.3 is 5.32 Å². The third kappa shape index (κ3) is 6.00. The first-order chi connectivity index (χ1) is 12.0. The first-order valence-corrected chi connectivity index (χ1v) is 10.1. The van der Waals surface area contributed by atoms with Crippen LogP contribution in [0.25, 0.3) is 5.57 Å². The average molecular weight is 356 g/mol. The molecule has 0 unspecified atom stereocenters. The fourth-order valence-corrected chi connectivity index (χ4v) is 3.99. The van der Waals surface area contributed by atoms with Gasteiger partial charge in [0.2, 0.25) is 0 Å². The van der Waals surface area contributed by atoms with Gasteiger partial charge in [0.25, 0.3) is 5.91 Å². The van der Waals surface area contributed by atoms with E-state index in [-0.39, 0.29) is 11.3 Å². The van der Waals surface area contributed by atoms with Crippen LogP contribution in [0.1, 0.15) is 90.1 Å². The molecule has 1 saturated carbocycles. The van der Waals surface area contributed by atoms with Gasteiger partial charge in [-0.1, -0.05) is 59.8 Å². The molecule has 1 fully saturated rings. The van der Waals surface area contributed by atoms with Gasteiger partial charge in [0, 0.05) is 11.6 Å². The molecule has 0 atom stereocenters. The number of hydrogen-bond donors (Lipinski definition) is 1. The van der Waals surface area contributed by atoms with Gasteiger partial charge >= 0.3 is 0 Å². The molecular formula is C24H37NO. The maximum absolute atomic E-state index is 12.6. The van der Waals surface area contributed by atoms with Crippen molar-refractivity contribution in [2.45, 2.75) is 80.2 Å². The zero-order chi connectivity index (χ0) is 19.5. The molecule has 0 aromatic heterocycles. The summed E-state index contributed by atoms with van der Waals surface area (Å²) in [5.41, 5.74) is 3.73. The number of carbonyl (C=O) groups is 1. The number of nitrogens with one attached hydrogen (secondary N) is 1. The topological polar surface area (TPSA) is 29.1 Å². The van der Waals surface area contributed by atoms with E-state index >= 15 is 0 Å². The second kappa shape index (κ2) is 7.98. The standard InChI is InChI=1S/C24H37NO/c1-17(16-23(2,3)4)18-8-10-19(11-9-18)22(26)25-21-14-12-20(13-15-21)24(5,6)7/h8-11,16,20-21H,12-15H2,1-7H3,(H,25,26). The van der Waals surface area contributed by atoms with Crippen LogP contribution in [0.4, 0.5) is 0 Å². The third-order valence-corrected chi connectivity index (χ3v) is 5.54.